The molecule has 1 N–H and O–H groups in total. The molecule has 0 spiro atoms. The van der Waals surface area contributed by atoms with Crippen molar-refractivity contribution < 1.29 is 9.50 Å². The Labute approximate surface area is 131 Å². The fraction of sp³-hybridized carbons (Fsp3) is 0.438. The number of benzene rings is 1. The Kier molecular flexibility index (Phi) is 3.66. The van der Waals surface area contributed by atoms with E-state index < -0.39 is 5.60 Å². The molecule has 0 fully saturated rings. The summed E-state index contributed by atoms with van der Waals surface area (Å²) in [6.07, 6.45) is 2.65. The molecule has 0 bridgehead atoms. The van der Waals surface area contributed by atoms with Crippen molar-refractivity contribution in [3.05, 3.63) is 51.0 Å². The van der Waals surface area contributed by atoms with Crippen molar-refractivity contribution in [2.24, 2.45) is 7.05 Å². The van der Waals surface area contributed by atoms with Crippen LogP contribution >= 0.6 is 15.9 Å². The number of aryl methyl sites for hydroxylation is 3. The molecule has 1 aliphatic rings. The van der Waals surface area contributed by atoms with Gasteiger partial charge in [0.05, 0.1) is 21.5 Å². The van der Waals surface area contributed by atoms with Gasteiger partial charge in [-0.25, -0.2) is 4.39 Å². The second-order valence-corrected chi connectivity index (χ2v) is 6.49. The Bertz CT molecular complexity index is 698. The first-order valence-corrected chi connectivity index (χ1v) is 7.95. The molecular weight excluding hydrogens is 335 g/mol. The highest BCUT2D eigenvalue weighted by atomic mass is 79.9. The zero-order chi connectivity index (χ0) is 15.2. The van der Waals surface area contributed by atoms with E-state index in [4.69, 9.17) is 0 Å². The van der Waals surface area contributed by atoms with E-state index in [9.17, 15) is 9.50 Å². The lowest BCUT2D eigenvalue weighted by Crippen LogP contribution is -2.26. The number of aliphatic hydroxyl groups is 1. The average Bonchev–Trinajstić information content (AvgIpc) is 2.91. The van der Waals surface area contributed by atoms with Crippen LogP contribution in [0.15, 0.2) is 22.7 Å². The Morgan fingerprint density at radius 3 is 2.90 bits per heavy atom. The van der Waals surface area contributed by atoms with Gasteiger partial charge in [-0.1, -0.05) is 13.0 Å². The van der Waals surface area contributed by atoms with Gasteiger partial charge in [-0.2, -0.15) is 5.10 Å². The van der Waals surface area contributed by atoms with Crippen molar-refractivity contribution in [3.8, 4) is 0 Å². The van der Waals surface area contributed by atoms with Gasteiger partial charge in [0.25, 0.3) is 0 Å². The largest absolute Gasteiger partial charge is 0.385 e. The number of rotatable bonds is 3. The molecule has 0 amide bonds. The minimum atomic E-state index is -0.940. The minimum Gasteiger partial charge on any atom is -0.385 e. The van der Waals surface area contributed by atoms with Crippen LogP contribution in [0, 0.1) is 5.82 Å². The summed E-state index contributed by atoms with van der Waals surface area (Å²) in [5.41, 5.74) is 2.78. The molecule has 112 valence electrons. The zero-order valence-electron chi connectivity index (χ0n) is 12.2. The molecule has 1 aromatic heterocycles. The summed E-state index contributed by atoms with van der Waals surface area (Å²) in [7, 11) is 1.89. The highest BCUT2D eigenvalue weighted by molar-refractivity contribution is 9.10. The number of aromatic nitrogens is 2. The molecule has 1 unspecified atom stereocenters. The third kappa shape index (κ3) is 2.42. The monoisotopic (exact) mass is 352 g/mol. The zero-order valence-corrected chi connectivity index (χ0v) is 13.7. The fourth-order valence-electron chi connectivity index (χ4n) is 3.17. The first kappa shape index (κ1) is 14.7. The third-order valence-corrected chi connectivity index (χ3v) is 5.25. The second-order valence-electron chi connectivity index (χ2n) is 5.69. The summed E-state index contributed by atoms with van der Waals surface area (Å²) >= 11 is 3.59. The van der Waals surface area contributed by atoms with Crippen LogP contribution in [-0.4, -0.2) is 14.9 Å². The lowest BCUT2D eigenvalue weighted by atomic mass is 9.90. The first-order valence-electron chi connectivity index (χ1n) is 7.16. The van der Waals surface area contributed by atoms with E-state index in [1.54, 1.807) is 6.07 Å². The van der Waals surface area contributed by atoms with E-state index in [2.05, 4.69) is 28.0 Å². The van der Waals surface area contributed by atoms with Gasteiger partial charge in [0.2, 0.25) is 0 Å². The van der Waals surface area contributed by atoms with Gasteiger partial charge < -0.3 is 5.11 Å². The van der Waals surface area contributed by atoms with Crippen molar-refractivity contribution in [3.63, 3.8) is 0 Å². The van der Waals surface area contributed by atoms with E-state index in [-0.39, 0.29) is 5.82 Å². The Morgan fingerprint density at radius 1 is 1.48 bits per heavy atom. The molecule has 0 saturated carbocycles. The number of fused-ring (bicyclic) bond motifs is 1. The number of nitrogens with zero attached hydrogens (tertiary/aromatic N) is 2. The normalized spacial score (nSPS) is 20.8. The summed E-state index contributed by atoms with van der Waals surface area (Å²) in [4.78, 5) is 0. The standard InChI is InChI=1S/C16H18BrFN2O/c1-3-13-15(17)14(20(2)19-13)9-16(21)7-6-10-8-11(18)4-5-12(10)16/h4-5,8,21H,3,6-7,9H2,1-2H3. The molecule has 1 atom stereocenters. The lowest BCUT2D eigenvalue weighted by molar-refractivity contribution is 0.0369. The van der Waals surface area contributed by atoms with Crippen LogP contribution < -0.4 is 0 Å². The first-order chi connectivity index (χ1) is 9.94. The third-order valence-electron chi connectivity index (χ3n) is 4.34. The summed E-state index contributed by atoms with van der Waals surface area (Å²) in [6, 6.07) is 4.66. The molecule has 1 aliphatic carbocycles. The van der Waals surface area contributed by atoms with Crippen molar-refractivity contribution >= 4 is 15.9 Å². The smallest absolute Gasteiger partial charge is 0.123 e. The van der Waals surface area contributed by atoms with Crippen molar-refractivity contribution in [1.29, 1.82) is 0 Å². The number of hydrogen-bond acceptors (Lipinski definition) is 2. The lowest BCUT2D eigenvalue weighted by Gasteiger charge is -2.24. The van der Waals surface area contributed by atoms with Gasteiger partial charge in [-0.15, -0.1) is 0 Å². The van der Waals surface area contributed by atoms with Crippen LogP contribution in [0.3, 0.4) is 0 Å². The highest BCUT2D eigenvalue weighted by Gasteiger charge is 2.38. The SMILES string of the molecule is CCc1nn(C)c(CC2(O)CCc3cc(F)ccc32)c1Br. The maximum absolute atomic E-state index is 13.3. The number of halogens is 2. The molecule has 0 saturated heterocycles. The second kappa shape index (κ2) is 5.21. The maximum atomic E-state index is 13.3. The molecule has 2 aromatic rings. The predicted molar refractivity (Wildman–Crippen MR) is 82.6 cm³/mol. The van der Waals surface area contributed by atoms with E-state index in [1.165, 1.54) is 12.1 Å². The summed E-state index contributed by atoms with van der Waals surface area (Å²) in [5, 5.41) is 15.5. The van der Waals surface area contributed by atoms with Gasteiger partial charge in [0.1, 0.15) is 5.82 Å². The van der Waals surface area contributed by atoms with Crippen LogP contribution in [0.25, 0.3) is 0 Å². The van der Waals surface area contributed by atoms with Gasteiger partial charge in [-0.05, 0) is 58.5 Å². The summed E-state index contributed by atoms with van der Waals surface area (Å²) in [6.45, 7) is 2.05. The van der Waals surface area contributed by atoms with Crippen molar-refractivity contribution in [1.82, 2.24) is 9.78 Å². The van der Waals surface area contributed by atoms with E-state index in [0.717, 1.165) is 33.4 Å². The topological polar surface area (TPSA) is 38.0 Å². The van der Waals surface area contributed by atoms with Gasteiger partial charge >= 0.3 is 0 Å². The maximum Gasteiger partial charge on any atom is 0.123 e. The Morgan fingerprint density at radius 2 is 2.24 bits per heavy atom. The Balaban J connectivity index is 1.98. The van der Waals surface area contributed by atoms with E-state index in [1.807, 2.05) is 11.7 Å². The summed E-state index contributed by atoms with van der Waals surface area (Å²) in [5.74, 6) is -0.243. The average molecular weight is 353 g/mol. The molecule has 1 aromatic carbocycles. The predicted octanol–water partition coefficient (Wildman–Crippen LogP) is 3.26. The van der Waals surface area contributed by atoms with Crippen LogP contribution in [0.4, 0.5) is 4.39 Å². The molecule has 0 aliphatic heterocycles. The van der Waals surface area contributed by atoms with Crippen LogP contribution in [-0.2, 0) is 31.9 Å². The van der Waals surface area contributed by atoms with Crippen molar-refractivity contribution in [2.45, 2.75) is 38.2 Å². The Hall–Kier alpha value is -1.20. The minimum absolute atomic E-state index is 0.243. The van der Waals surface area contributed by atoms with Gasteiger partial charge in [-0.3, -0.25) is 4.68 Å². The molecule has 5 heteroatoms. The molecule has 3 rings (SSSR count). The van der Waals surface area contributed by atoms with Crippen LogP contribution in [0.1, 0.15) is 35.9 Å². The fourth-order valence-corrected chi connectivity index (χ4v) is 3.93. The van der Waals surface area contributed by atoms with Crippen LogP contribution in [0.5, 0.6) is 0 Å². The quantitative estimate of drug-likeness (QED) is 0.920. The molecule has 3 nitrogen and oxygen atoms in total. The van der Waals surface area contributed by atoms with Gasteiger partial charge in [0, 0.05) is 13.5 Å². The summed E-state index contributed by atoms with van der Waals surface area (Å²) < 4.78 is 16.1. The molecule has 1 heterocycles. The van der Waals surface area contributed by atoms with E-state index >= 15 is 0 Å². The molecule has 21 heavy (non-hydrogen) atoms. The highest BCUT2D eigenvalue weighted by Crippen LogP contribution is 2.41. The van der Waals surface area contributed by atoms with Crippen LogP contribution in [0.2, 0.25) is 0 Å². The molecular formula is C16H18BrFN2O. The molecule has 0 radical (unpaired) electrons. The van der Waals surface area contributed by atoms with Gasteiger partial charge in [0.15, 0.2) is 0 Å². The van der Waals surface area contributed by atoms with E-state index in [0.29, 0.717) is 19.3 Å². The van der Waals surface area contributed by atoms with Crippen molar-refractivity contribution in [2.75, 3.05) is 0 Å². The number of hydrogen-bond donors (Lipinski definition) is 1.